The Morgan fingerprint density at radius 2 is 2.46 bits per heavy atom. The fraction of sp³-hybridized carbons (Fsp3) is 0.556. The van der Waals surface area contributed by atoms with Crippen LogP contribution in [0.15, 0.2) is 15.9 Å². The van der Waals surface area contributed by atoms with Crippen LogP contribution < -0.4 is 0 Å². The van der Waals surface area contributed by atoms with Crippen molar-refractivity contribution in [2.24, 2.45) is 0 Å². The first-order valence-electron chi connectivity index (χ1n) is 4.23. The molecule has 1 aromatic heterocycles. The molecule has 0 aliphatic rings. The van der Waals surface area contributed by atoms with Crippen molar-refractivity contribution in [2.45, 2.75) is 31.9 Å². The standard InChI is InChI=1S/C9H13NO2S/c1-7-6-12-9(10-7)13-5-3-4-8(2)11/h6H,3-5H2,1-2H3. The molecule has 72 valence electrons. The lowest BCUT2D eigenvalue weighted by molar-refractivity contribution is -0.117. The van der Waals surface area contributed by atoms with Gasteiger partial charge in [0.2, 0.25) is 0 Å². The number of carbonyl (C=O) groups excluding carboxylic acids is 1. The summed E-state index contributed by atoms with van der Waals surface area (Å²) in [6, 6.07) is 0. The van der Waals surface area contributed by atoms with Crippen molar-refractivity contribution in [3.05, 3.63) is 12.0 Å². The van der Waals surface area contributed by atoms with Crippen LogP contribution in [0.5, 0.6) is 0 Å². The summed E-state index contributed by atoms with van der Waals surface area (Å²) >= 11 is 1.55. The maximum Gasteiger partial charge on any atom is 0.255 e. The van der Waals surface area contributed by atoms with Gasteiger partial charge >= 0.3 is 0 Å². The van der Waals surface area contributed by atoms with Crippen molar-refractivity contribution >= 4 is 17.5 Å². The normalized spacial score (nSPS) is 10.3. The first kappa shape index (κ1) is 10.3. The van der Waals surface area contributed by atoms with Crippen molar-refractivity contribution < 1.29 is 9.21 Å². The lowest BCUT2D eigenvalue weighted by Gasteiger charge is -1.94. The van der Waals surface area contributed by atoms with Crippen LogP contribution in [0, 0.1) is 6.92 Å². The molecule has 0 aliphatic carbocycles. The third kappa shape index (κ3) is 4.12. The van der Waals surface area contributed by atoms with Crippen molar-refractivity contribution in [2.75, 3.05) is 5.75 Å². The van der Waals surface area contributed by atoms with Gasteiger partial charge in [-0.15, -0.1) is 0 Å². The van der Waals surface area contributed by atoms with Crippen molar-refractivity contribution in [3.63, 3.8) is 0 Å². The predicted octanol–water partition coefficient (Wildman–Crippen LogP) is 2.44. The Morgan fingerprint density at radius 3 is 3.00 bits per heavy atom. The molecule has 0 spiro atoms. The average molecular weight is 199 g/mol. The van der Waals surface area contributed by atoms with Crippen molar-refractivity contribution in [3.8, 4) is 0 Å². The van der Waals surface area contributed by atoms with Gasteiger partial charge in [-0.1, -0.05) is 11.8 Å². The van der Waals surface area contributed by atoms with Gasteiger partial charge in [-0.3, -0.25) is 0 Å². The Bertz CT molecular complexity index is 283. The molecule has 4 heteroatoms. The van der Waals surface area contributed by atoms with Gasteiger partial charge in [0, 0.05) is 12.2 Å². The lowest BCUT2D eigenvalue weighted by Crippen LogP contribution is -1.90. The summed E-state index contributed by atoms with van der Waals surface area (Å²) in [5.41, 5.74) is 0.897. The van der Waals surface area contributed by atoms with Gasteiger partial charge in [0.1, 0.15) is 12.0 Å². The summed E-state index contributed by atoms with van der Waals surface area (Å²) in [7, 11) is 0. The number of hydrogen-bond donors (Lipinski definition) is 0. The molecular formula is C9H13NO2S. The zero-order valence-corrected chi connectivity index (χ0v) is 8.69. The van der Waals surface area contributed by atoms with E-state index in [0.717, 1.165) is 17.9 Å². The van der Waals surface area contributed by atoms with E-state index in [9.17, 15) is 4.79 Å². The van der Waals surface area contributed by atoms with E-state index in [1.165, 1.54) is 0 Å². The quantitative estimate of drug-likeness (QED) is 0.539. The monoisotopic (exact) mass is 199 g/mol. The van der Waals surface area contributed by atoms with Crippen LogP contribution >= 0.6 is 11.8 Å². The van der Waals surface area contributed by atoms with Gasteiger partial charge in [-0.05, 0) is 20.3 Å². The second kappa shape index (κ2) is 5.07. The summed E-state index contributed by atoms with van der Waals surface area (Å²) in [6.45, 7) is 3.50. The van der Waals surface area contributed by atoms with Crippen LogP contribution in [0.2, 0.25) is 0 Å². The number of aryl methyl sites for hydroxylation is 1. The van der Waals surface area contributed by atoms with Crippen LogP contribution in [-0.2, 0) is 4.79 Å². The summed E-state index contributed by atoms with van der Waals surface area (Å²) < 4.78 is 5.14. The lowest BCUT2D eigenvalue weighted by atomic mass is 10.3. The molecule has 1 heterocycles. The topological polar surface area (TPSA) is 43.1 Å². The van der Waals surface area contributed by atoms with E-state index in [-0.39, 0.29) is 5.78 Å². The molecule has 3 nitrogen and oxygen atoms in total. The molecule has 0 unspecified atom stereocenters. The first-order valence-corrected chi connectivity index (χ1v) is 5.21. The molecule has 0 aromatic carbocycles. The smallest absolute Gasteiger partial charge is 0.255 e. The van der Waals surface area contributed by atoms with E-state index in [1.807, 2.05) is 6.92 Å². The highest BCUT2D eigenvalue weighted by Gasteiger charge is 2.01. The maximum absolute atomic E-state index is 10.6. The molecule has 0 radical (unpaired) electrons. The highest BCUT2D eigenvalue weighted by atomic mass is 32.2. The van der Waals surface area contributed by atoms with Crippen LogP contribution in [0.3, 0.4) is 0 Å². The molecule has 1 rings (SSSR count). The Morgan fingerprint density at radius 1 is 1.69 bits per heavy atom. The summed E-state index contributed by atoms with van der Waals surface area (Å²) in [5.74, 6) is 1.13. The van der Waals surface area contributed by atoms with E-state index in [2.05, 4.69) is 4.98 Å². The molecule has 0 N–H and O–H groups in total. The summed E-state index contributed by atoms with van der Waals surface area (Å²) in [6.07, 6.45) is 3.17. The minimum Gasteiger partial charge on any atom is -0.440 e. The number of ketones is 1. The summed E-state index contributed by atoms with van der Waals surface area (Å²) in [5, 5.41) is 0.695. The van der Waals surface area contributed by atoms with Crippen LogP contribution in [-0.4, -0.2) is 16.5 Å². The van der Waals surface area contributed by atoms with E-state index < -0.39 is 0 Å². The van der Waals surface area contributed by atoms with E-state index in [4.69, 9.17) is 4.42 Å². The number of oxazole rings is 1. The number of nitrogens with zero attached hydrogens (tertiary/aromatic N) is 1. The third-order valence-corrected chi connectivity index (χ3v) is 2.42. The van der Waals surface area contributed by atoms with E-state index >= 15 is 0 Å². The molecule has 0 amide bonds. The van der Waals surface area contributed by atoms with Crippen molar-refractivity contribution in [1.29, 1.82) is 0 Å². The van der Waals surface area contributed by atoms with Gasteiger partial charge in [-0.2, -0.15) is 0 Å². The molecule has 0 atom stereocenters. The first-order chi connectivity index (χ1) is 6.18. The Labute approximate surface area is 81.9 Å². The summed E-state index contributed by atoms with van der Waals surface area (Å²) in [4.78, 5) is 14.7. The predicted molar refractivity (Wildman–Crippen MR) is 51.9 cm³/mol. The molecule has 0 fully saturated rings. The molecule has 0 aliphatic heterocycles. The number of Topliss-reactive ketones (excluding diaryl/α,β-unsaturated/α-hetero) is 1. The zero-order chi connectivity index (χ0) is 9.68. The average Bonchev–Trinajstić information content (AvgIpc) is 2.45. The number of rotatable bonds is 5. The minimum atomic E-state index is 0.240. The molecule has 0 saturated carbocycles. The largest absolute Gasteiger partial charge is 0.440 e. The zero-order valence-electron chi connectivity index (χ0n) is 7.87. The number of carbonyl (C=O) groups is 1. The molecule has 13 heavy (non-hydrogen) atoms. The van der Waals surface area contributed by atoms with Gasteiger partial charge in [0.05, 0.1) is 5.69 Å². The second-order valence-corrected chi connectivity index (χ2v) is 3.95. The number of hydrogen-bond acceptors (Lipinski definition) is 4. The molecule has 0 saturated heterocycles. The highest BCUT2D eigenvalue weighted by molar-refractivity contribution is 7.99. The maximum atomic E-state index is 10.6. The minimum absolute atomic E-state index is 0.240. The number of thioether (sulfide) groups is 1. The highest BCUT2D eigenvalue weighted by Crippen LogP contribution is 2.17. The van der Waals surface area contributed by atoms with Crippen molar-refractivity contribution in [1.82, 2.24) is 4.98 Å². The molecule has 0 bridgehead atoms. The van der Waals surface area contributed by atoms with Crippen LogP contribution in [0.1, 0.15) is 25.5 Å². The van der Waals surface area contributed by atoms with Crippen LogP contribution in [0.4, 0.5) is 0 Å². The van der Waals surface area contributed by atoms with Gasteiger partial charge in [0.15, 0.2) is 0 Å². The molecular weight excluding hydrogens is 186 g/mol. The van der Waals surface area contributed by atoms with Gasteiger partial charge in [-0.25, -0.2) is 4.98 Å². The fourth-order valence-electron chi connectivity index (χ4n) is 0.879. The fourth-order valence-corrected chi connectivity index (χ4v) is 1.67. The van der Waals surface area contributed by atoms with Gasteiger partial charge in [0.25, 0.3) is 5.22 Å². The van der Waals surface area contributed by atoms with E-state index in [1.54, 1.807) is 24.9 Å². The SMILES string of the molecule is CC(=O)CCCSc1nc(C)co1. The second-order valence-electron chi connectivity index (χ2n) is 2.91. The van der Waals surface area contributed by atoms with E-state index in [0.29, 0.717) is 11.6 Å². The molecule has 1 aromatic rings. The Hall–Kier alpha value is -0.770. The third-order valence-electron chi connectivity index (χ3n) is 1.50. The Balaban J connectivity index is 2.16. The van der Waals surface area contributed by atoms with Crippen LogP contribution in [0.25, 0.3) is 0 Å². The Kier molecular flexibility index (Phi) is 4.02. The number of aromatic nitrogens is 1. The van der Waals surface area contributed by atoms with Gasteiger partial charge < -0.3 is 9.21 Å².